The van der Waals surface area contributed by atoms with E-state index in [1.54, 1.807) is 6.92 Å². The van der Waals surface area contributed by atoms with Crippen molar-refractivity contribution in [3.8, 4) is 5.75 Å². The molecule has 0 bridgehead atoms. The molecule has 27 heavy (non-hydrogen) atoms. The van der Waals surface area contributed by atoms with Crippen molar-refractivity contribution in [2.45, 2.75) is 12.8 Å². The molecule has 1 aliphatic rings. The highest BCUT2D eigenvalue weighted by molar-refractivity contribution is 5.95. The maximum Gasteiger partial charge on any atom is 0.253 e. The van der Waals surface area contributed by atoms with E-state index in [9.17, 15) is 14.0 Å². The van der Waals surface area contributed by atoms with Gasteiger partial charge in [0.15, 0.2) is 11.6 Å². The summed E-state index contributed by atoms with van der Waals surface area (Å²) in [6.45, 7) is 4.02. The predicted octanol–water partition coefficient (Wildman–Crippen LogP) is 1.50. The van der Waals surface area contributed by atoms with Crippen LogP contribution in [0.15, 0.2) is 29.1 Å². The molecule has 8 nitrogen and oxygen atoms in total. The Morgan fingerprint density at radius 3 is 2.81 bits per heavy atom. The van der Waals surface area contributed by atoms with Gasteiger partial charge in [-0.25, -0.2) is 9.37 Å². The lowest BCUT2D eigenvalue weighted by Crippen LogP contribution is -2.38. The minimum Gasteiger partial charge on any atom is -0.494 e. The van der Waals surface area contributed by atoms with Crippen LogP contribution in [-0.4, -0.2) is 49.3 Å². The highest BCUT2D eigenvalue weighted by atomic mass is 19.1. The van der Waals surface area contributed by atoms with Gasteiger partial charge in [-0.15, -0.1) is 0 Å². The molecule has 1 unspecified atom stereocenters. The van der Waals surface area contributed by atoms with Gasteiger partial charge >= 0.3 is 0 Å². The molecule has 1 atom stereocenters. The average Bonchev–Trinajstić information content (AvgIpc) is 2.69. The molecule has 2 N–H and O–H groups in total. The van der Waals surface area contributed by atoms with Crippen LogP contribution in [0, 0.1) is 5.82 Å². The Labute approximate surface area is 155 Å². The molecule has 1 fully saturated rings. The molecule has 1 aromatic carbocycles. The first-order valence-electron chi connectivity index (χ1n) is 8.56. The zero-order valence-electron chi connectivity index (χ0n) is 15.1. The lowest BCUT2D eigenvalue weighted by molar-refractivity contribution is -0.117. The number of carbonyl (C=O) groups is 1. The second-order valence-corrected chi connectivity index (χ2v) is 6.15. The van der Waals surface area contributed by atoms with Crippen molar-refractivity contribution >= 4 is 17.4 Å². The normalized spacial score (nSPS) is 15.3. The maximum absolute atomic E-state index is 13.5. The summed E-state index contributed by atoms with van der Waals surface area (Å²) in [6, 6.07) is 5.44. The Bertz CT molecular complexity index is 880. The topological polar surface area (TPSA) is 96.5 Å². The summed E-state index contributed by atoms with van der Waals surface area (Å²) in [4.78, 5) is 33.6. The van der Waals surface area contributed by atoms with Crippen LogP contribution in [0.4, 0.5) is 15.9 Å². The number of carbonyl (C=O) groups excluding carboxylic acids is 1. The first kappa shape index (κ1) is 18.8. The number of rotatable bonds is 5. The minimum absolute atomic E-state index is 0.0290. The second-order valence-electron chi connectivity index (χ2n) is 6.15. The van der Waals surface area contributed by atoms with E-state index >= 15 is 0 Å². The number of nitrogens with one attached hydrogen (secondary N) is 2. The number of nitrogens with zero attached hydrogens (tertiary/aromatic N) is 2. The Kier molecular flexibility index (Phi) is 5.70. The van der Waals surface area contributed by atoms with Gasteiger partial charge in [-0.3, -0.25) is 9.59 Å². The number of aromatic amines is 1. The number of morpholine rings is 1. The number of halogens is 1. The molecular formula is C18H21FN4O4. The number of hydrogen-bond acceptors (Lipinski definition) is 6. The molecule has 2 heterocycles. The molecule has 1 aromatic heterocycles. The number of hydrogen-bond donors (Lipinski definition) is 2. The van der Waals surface area contributed by atoms with Gasteiger partial charge in [0.1, 0.15) is 11.6 Å². The number of H-pyrrole nitrogens is 1. The van der Waals surface area contributed by atoms with Gasteiger partial charge in [0.2, 0.25) is 5.91 Å². The van der Waals surface area contributed by atoms with Crippen molar-refractivity contribution in [2.75, 3.05) is 43.6 Å². The first-order valence-corrected chi connectivity index (χ1v) is 8.56. The van der Waals surface area contributed by atoms with Crippen molar-refractivity contribution in [3.63, 3.8) is 0 Å². The predicted molar refractivity (Wildman–Crippen MR) is 97.9 cm³/mol. The van der Waals surface area contributed by atoms with Crippen LogP contribution in [-0.2, 0) is 9.53 Å². The third-order valence-corrected chi connectivity index (χ3v) is 4.30. The third-order valence-electron chi connectivity index (χ3n) is 4.30. The molecule has 1 saturated heterocycles. The summed E-state index contributed by atoms with van der Waals surface area (Å²) in [6.07, 6.45) is 0. The van der Waals surface area contributed by atoms with Crippen LogP contribution in [0.3, 0.4) is 0 Å². The summed E-state index contributed by atoms with van der Waals surface area (Å²) < 4.78 is 23.7. The lowest BCUT2D eigenvalue weighted by Gasteiger charge is -2.28. The van der Waals surface area contributed by atoms with Crippen molar-refractivity contribution in [1.29, 1.82) is 0 Å². The van der Waals surface area contributed by atoms with E-state index in [0.717, 1.165) is 0 Å². The van der Waals surface area contributed by atoms with Gasteiger partial charge in [0.05, 0.1) is 26.2 Å². The summed E-state index contributed by atoms with van der Waals surface area (Å²) in [5, 5.41) is 2.68. The molecule has 0 aliphatic carbocycles. The summed E-state index contributed by atoms with van der Waals surface area (Å²) in [7, 11) is 1.35. The molecule has 1 aliphatic heterocycles. The van der Waals surface area contributed by atoms with Crippen LogP contribution in [0.5, 0.6) is 5.75 Å². The Hall–Kier alpha value is -2.94. The Morgan fingerprint density at radius 2 is 2.11 bits per heavy atom. The fourth-order valence-corrected chi connectivity index (χ4v) is 2.73. The van der Waals surface area contributed by atoms with Gasteiger partial charge in [-0.05, 0) is 19.1 Å². The van der Waals surface area contributed by atoms with E-state index in [4.69, 9.17) is 9.47 Å². The fourth-order valence-electron chi connectivity index (χ4n) is 2.73. The summed E-state index contributed by atoms with van der Waals surface area (Å²) >= 11 is 0. The van der Waals surface area contributed by atoms with E-state index in [0.29, 0.717) is 37.8 Å². The molecule has 2 aromatic rings. The number of ether oxygens (including phenoxy) is 2. The van der Waals surface area contributed by atoms with Crippen LogP contribution in [0.25, 0.3) is 0 Å². The quantitative estimate of drug-likeness (QED) is 0.821. The van der Waals surface area contributed by atoms with Gasteiger partial charge < -0.3 is 24.7 Å². The summed E-state index contributed by atoms with van der Waals surface area (Å²) in [5.74, 6) is -0.814. The molecule has 0 saturated carbocycles. The number of aromatic nitrogens is 2. The highest BCUT2D eigenvalue weighted by Gasteiger charge is 2.21. The van der Waals surface area contributed by atoms with Crippen LogP contribution >= 0.6 is 0 Å². The SMILES string of the molecule is COc1cc(NC(=O)C(C)c2nc(N3CCOCC3)cc(=O)[nH]2)ccc1F. The minimum atomic E-state index is -0.713. The van der Waals surface area contributed by atoms with Crippen LogP contribution in [0.1, 0.15) is 18.7 Å². The van der Waals surface area contributed by atoms with Crippen LogP contribution in [0.2, 0.25) is 0 Å². The van der Waals surface area contributed by atoms with Gasteiger partial charge in [-0.1, -0.05) is 0 Å². The van der Waals surface area contributed by atoms with E-state index in [1.807, 2.05) is 4.90 Å². The number of amides is 1. The van der Waals surface area contributed by atoms with Crippen molar-refractivity contribution < 1.29 is 18.7 Å². The Morgan fingerprint density at radius 1 is 1.37 bits per heavy atom. The molecule has 0 radical (unpaired) electrons. The number of methoxy groups -OCH3 is 1. The standard InChI is InChI=1S/C18H21FN4O4/c1-11(18(25)20-12-3-4-13(19)14(9-12)26-2)17-21-15(10-16(24)22-17)23-5-7-27-8-6-23/h3-4,9-11H,5-8H2,1-2H3,(H,20,25)(H,21,22,24). The first-order chi connectivity index (χ1) is 13.0. The van der Waals surface area contributed by atoms with Gasteiger partial charge in [0.25, 0.3) is 5.56 Å². The van der Waals surface area contributed by atoms with E-state index in [-0.39, 0.29) is 23.0 Å². The van der Waals surface area contributed by atoms with Gasteiger partial charge in [0, 0.05) is 30.9 Å². The molecule has 0 spiro atoms. The van der Waals surface area contributed by atoms with Gasteiger partial charge in [-0.2, -0.15) is 0 Å². The van der Waals surface area contributed by atoms with E-state index < -0.39 is 11.7 Å². The molecule has 144 valence electrons. The van der Waals surface area contributed by atoms with Crippen molar-refractivity contribution in [2.24, 2.45) is 0 Å². The molecule has 9 heteroatoms. The van der Waals surface area contributed by atoms with Crippen molar-refractivity contribution in [1.82, 2.24) is 9.97 Å². The largest absolute Gasteiger partial charge is 0.494 e. The highest BCUT2D eigenvalue weighted by Crippen LogP contribution is 2.23. The number of anilines is 2. The Balaban J connectivity index is 1.78. The van der Waals surface area contributed by atoms with Crippen molar-refractivity contribution in [3.05, 3.63) is 46.3 Å². The fraction of sp³-hybridized carbons (Fsp3) is 0.389. The zero-order chi connectivity index (χ0) is 19.4. The smallest absolute Gasteiger partial charge is 0.253 e. The molecule has 3 rings (SSSR count). The molecular weight excluding hydrogens is 355 g/mol. The van der Waals surface area contributed by atoms with Crippen LogP contribution < -0.4 is 20.5 Å². The van der Waals surface area contributed by atoms with E-state index in [2.05, 4.69) is 15.3 Å². The monoisotopic (exact) mass is 376 g/mol. The lowest BCUT2D eigenvalue weighted by atomic mass is 10.1. The van der Waals surface area contributed by atoms with E-state index in [1.165, 1.54) is 31.4 Å². The maximum atomic E-state index is 13.5. The molecule has 1 amide bonds. The summed E-state index contributed by atoms with van der Waals surface area (Å²) in [5.41, 5.74) is 0.0568. The number of benzene rings is 1. The average molecular weight is 376 g/mol. The second kappa shape index (κ2) is 8.17. The third kappa shape index (κ3) is 4.43. The zero-order valence-corrected chi connectivity index (χ0v) is 15.1.